The molecule has 0 aromatic rings. The van der Waals surface area contributed by atoms with E-state index in [1.165, 1.54) is 0 Å². The third kappa shape index (κ3) is 276. The number of hydrogen-bond donors (Lipinski definition) is 0. The molecule has 0 aromatic carbocycles. The molecule has 9 heavy (non-hydrogen) atoms. The molecule has 0 saturated carbocycles. The first-order valence-corrected chi connectivity index (χ1v) is 3.00. The van der Waals surface area contributed by atoms with E-state index in [1.54, 1.807) is 0 Å². The van der Waals surface area contributed by atoms with E-state index >= 15 is 0 Å². The third-order valence-corrected chi connectivity index (χ3v) is 0. The lowest BCUT2D eigenvalue weighted by molar-refractivity contribution is 1.50. The second-order valence-corrected chi connectivity index (χ2v) is 0. The summed E-state index contributed by atoms with van der Waals surface area (Å²) in [5.74, 6) is 0. The van der Waals surface area contributed by atoms with Gasteiger partial charge in [0.2, 0.25) is 0 Å². The van der Waals surface area contributed by atoms with Gasteiger partial charge < -0.3 is 0 Å². The Morgan fingerprint density at radius 2 is 0.444 bits per heavy atom. The molecule has 62 valence electrons. The van der Waals surface area contributed by atoms with Gasteiger partial charge in [0.1, 0.15) is 0 Å². The van der Waals surface area contributed by atoms with Crippen LogP contribution in [0.4, 0.5) is 0 Å². The molecule has 0 heterocycles. The van der Waals surface area contributed by atoms with Gasteiger partial charge in [0.05, 0.1) is 0 Å². The quantitative estimate of drug-likeness (QED) is 0.498. The summed E-state index contributed by atoms with van der Waals surface area (Å²) in [6.07, 6.45) is 0. The molecule has 0 N–H and O–H groups in total. The van der Waals surface area contributed by atoms with Gasteiger partial charge >= 0.3 is 0 Å². The number of halogens is 1. The molecule has 3 heteroatoms. The van der Waals surface area contributed by atoms with Crippen molar-refractivity contribution >= 4 is 47.1 Å². The van der Waals surface area contributed by atoms with Crippen molar-refractivity contribution in [2.24, 2.45) is 0 Å². The van der Waals surface area contributed by atoms with Crippen LogP contribution in [0.2, 0.25) is 0 Å². The molecule has 0 aliphatic rings. The van der Waals surface area contributed by atoms with Gasteiger partial charge in [-0.05, 0) is 0 Å². The van der Waals surface area contributed by atoms with Crippen LogP contribution in [0.25, 0.3) is 0 Å². The van der Waals surface area contributed by atoms with Crippen molar-refractivity contribution in [3.05, 3.63) is 0 Å². The Hall–Kier alpha value is 1.35. The molecule has 0 fully saturated rings. The minimum Gasteiger partial charge on any atom is -0.147 e. The van der Waals surface area contributed by atoms with Gasteiger partial charge in [-0.2, -0.15) is 0 Å². The molecule has 0 aliphatic heterocycles. The van der Waals surface area contributed by atoms with Crippen LogP contribution in [-0.2, 0) is 0 Å². The summed E-state index contributed by atoms with van der Waals surface area (Å²) in [6, 6.07) is 0. The van der Waals surface area contributed by atoms with Crippen LogP contribution >= 0.6 is 12.4 Å². The Balaban J connectivity index is -0.00000000321. The van der Waals surface area contributed by atoms with Gasteiger partial charge in [0.25, 0.3) is 0 Å². The van der Waals surface area contributed by atoms with Crippen molar-refractivity contribution in [2.75, 3.05) is 0 Å². The largest absolute Gasteiger partial charge is 0.187 e. The summed E-state index contributed by atoms with van der Waals surface area (Å²) in [6.45, 7) is 12.0. The summed E-state index contributed by atoms with van der Waals surface area (Å²) in [5, 5.41) is 0. The highest BCUT2D eigenvalue weighted by atomic mass is 35.5. The lowest BCUT2D eigenvalue weighted by Crippen LogP contribution is -0.856. The SMILES string of the molecule is CC.CC.CC.Cl.[AlH3].[AlH3]. The fraction of sp³-hybridized carbons (Fsp3) is 1.00. The zero-order valence-corrected chi connectivity index (χ0v) is 7.22. The average Bonchev–Trinajstić information content (AvgIpc) is 1.81. The molecule has 0 radical (unpaired) electrons. The summed E-state index contributed by atoms with van der Waals surface area (Å²) in [5.41, 5.74) is 0. The van der Waals surface area contributed by atoms with Gasteiger partial charge in [0.15, 0.2) is 34.7 Å². The van der Waals surface area contributed by atoms with Gasteiger partial charge in [-0.1, -0.05) is 41.5 Å². The molecule has 0 bridgehead atoms. The molecule has 0 amide bonds. The molecule has 0 aliphatic carbocycles. The van der Waals surface area contributed by atoms with Crippen molar-refractivity contribution in [1.82, 2.24) is 0 Å². The lowest BCUT2D eigenvalue weighted by atomic mass is 11.0. The molecule has 0 unspecified atom stereocenters. The standard InChI is InChI=1S/3C2H6.2Al.ClH.6H/c3*1-2;;;;;;;;;/h3*1-2H3;;;1H;;;;;;. The summed E-state index contributed by atoms with van der Waals surface area (Å²) < 4.78 is 0. The Labute approximate surface area is 88.5 Å². The molecule has 0 aromatic heterocycles. The minimum absolute atomic E-state index is 0. The first-order valence-electron chi connectivity index (χ1n) is 3.00. The molecule has 0 rings (SSSR count). The Morgan fingerprint density at radius 1 is 0.444 bits per heavy atom. The maximum Gasteiger partial charge on any atom is 0.187 e. The van der Waals surface area contributed by atoms with Crippen LogP contribution in [0.5, 0.6) is 0 Å². The summed E-state index contributed by atoms with van der Waals surface area (Å²) in [7, 11) is 0. The van der Waals surface area contributed by atoms with Gasteiger partial charge in [-0.3, -0.25) is 0 Å². The Bertz CT molecular complexity index is 11.0. The molecule has 0 nitrogen and oxygen atoms in total. The Kier molecular flexibility index (Phi) is 1890. The van der Waals surface area contributed by atoms with E-state index in [0.29, 0.717) is 0 Å². The molecular formula is C6H25Al2Cl. The van der Waals surface area contributed by atoms with Crippen LogP contribution < -0.4 is 0 Å². The zero-order valence-electron chi connectivity index (χ0n) is 6.41. The van der Waals surface area contributed by atoms with Crippen LogP contribution in [0.15, 0.2) is 0 Å². The lowest BCUT2D eigenvalue weighted by Gasteiger charge is -1.07. The first kappa shape index (κ1) is 47.8. The predicted molar refractivity (Wildman–Crippen MR) is 61.2 cm³/mol. The summed E-state index contributed by atoms with van der Waals surface area (Å²) >= 11 is 0. The zero-order chi connectivity index (χ0) is 6.00. The van der Waals surface area contributed by atoms with Crippen molar-refractivity contribution in [3.63, 3.8) is 0 Å². The van der Waals surface area contributed by atoms with Crippen LogP contribution in [0.3, 0.4) is 0 Å². The monoisotopic (exact) mass is 186 g/mol. The van der Waals surface area contributed by atoms with Crippen LogP contribution in [0.1, 0.15) is 41.5 Å². The molecule has 0 spiro atoms. The Morgan fingerprint density at radius 3 is 0.444 bits per heavy atom. The minimum atomic E-state index is 0. The molecule has 0 atom stereocenters. The van der Waals surface area contributed by atoms with E-state index in [9.17, 15) is 0 Å². The van der Waals surface area contributed by atoms with E-state index in [1.807, 2.05) is 41.5 Å². The fourth-order valence-electron chi connectivity index (χ4n) is 0. The van der Waals surface area contributed by atoms with Gasteiger partial charge in [-0.15, -0.1) is 12.4 Å². The fourth-order valence-corrected chi connectivity index (χ4v) is 0. The molecule has 0 saturated heterocycles. The van der Waals surface area contributed by atoms with E-state index in [2.05, 4.69) is 0 Å². The summed E-state index contributed by atoms with van der Waals surface area (Å²) in [4.78, 5) is 0. The van der Waals surface area contributed by atoms with Gasteiger partial charge in [-0.25, -0.2) is 0 Å². The number of rotatable bonds is 0. The second kappa shape index (κ2) is 356. The van der Waals surface area contributed by atoms with Crippen LogP contribution in [0, 0.1) is 0 Å². The van der Waals surface area contributed by atoms with E-state index in [0.717, 1.165) is 0 Å². The highest BCUT2D eigenvalue weighted by molar-refractivity contribution is 5.85. The average molecular weight is 187 g/mol. The van der Waals surface area contributed by atoms with E-state index in [-0.39, 0.29) is 47.1 Å². The van der Waals surface area contributed by atoms with Gasteiger partial charge in [0, 0.05) is 0 Å². The highest BCUT2D eigenvalue weighted by Gasteiger charge is 0.936. The smallest absolute Gasteiger partial charge is 0.147 e. The van der Waals surface area contributed by atoms with Crippen molar-refractivity contribution < 1.29 is 0 Å². The van der Waals surface area contributed by atoms with E-state index < -0.39 is 0 Å². The molecular weight excluding hydrogens is 161 g/mol. The topological polar surface area (TPSA) is 0 Å². The number of hydrogen-bond acceptors (Lipinski definition) is 0. The van der Waals surface area contributed by atoms with E-state index in [4.69, 9.17) is 0 Å². The van der Waals surface area contributed by atoms with Crippen LogP contribution in [-0.4, -0.2) is 34.7 Å². The van der Waals surface area contributed by atoms with Crippen molar-refractivity contribution in [1.29, 1.82) is 0 Å². The van der Waals surface area contributed by atoms with Crippen molar-refractivity contribution in [2.45, 2.75) is 41.5 Å². The second-order valence-electron chi connectivity index (χ2n) is 0. The van der Waals surface area contributed by atoms with Crippen molar-refractivity contribution in [3.8, 4) is 0 Å². The first-order chi connectivity index (χ1) is 3.00. The maximum atomic E-state index is 2.00. The predicted octanol–water partition coefficient (Wildman–Crippen LogP) is 1.13. The third-order valence-electron chi connectivity index (χ3n) is 0. The maximum absolute atomic E-state index is 2.00. The highest BCUT2D eigenvalue weighted by Crippen LogP contribution is 1.15. The normalized spacial score (nSPS) is 2.00.